The summed E-state index contributed by atoms with van der Waals surface area (Å²) >= 11 is 0. The second-order valence-corrected chi connectivity index (χ2v) is 5.19. The highest BCUT2D eigenvalue weighted by Gasteiger charge is 2.21. The topological polar surface area (TPSA) is 58.0 Å². The van der Waals surface area contributed by atoms with Gasteiger partial charge in [-0.25, -0.2) is 0 Å². The Hall–Kier alpha value is -2.41. The van der Waals surface area contributed by atoms with Gasteiger partial charge in [-0.15, -0.1) is 0 Å². The average molecular weight is 266 g/mol. The molecule has 0 aliphatic carbocycles. The lowest BCUT2D eigenvalue weighted by Crippen LogP contribution is -2.23. The Kier molecular flexibility index (Phi) is 3.34. The molecule has 4 heteroatoms. The first kappa shape index (κ1) is 12.6. The molecule has 1 aliphatic rings. The second-order valence-electron chi connectivity index (χ2n) is 5.19. The largest absolute Gasteiger partial charge is 0.396 e. The number of aromatic nitrogens is 1. The number of nitriles is 1. The number of rotatable bonds is 3. The van der Waals surface area contributed by atoms with Crippen molar-refractivity contribution in [3.05, 3.63) is 47.7 Å². The van der Waals surface area contributed by atoms with E-state index in [1.807, 2.05) is 22.8 Å². The third-order valence-corrected chi connectivity index (χ3v) is 3.80. The molecule has 3 rings (SSSR count). The highest BCUT2D eigenvalue weighted by molar-refractivity contribution is 5.68. The molecule has 2 heterocycles. The fraction of sp³-hybridized carbons (Fsp3) is 0.312. The van der Waals surface area contributed by atoms with Crippen LogP contribution in [0.4, 0.5) is 11.5 Å². The number of benzene rings is 1. The fourth-order valence-electron chi connectivity index (χ4n) is 2.86. The molecule has 1 saturated heterocycles. The molecule has 1 fully saturated rings. The van der Waals surface area contributed by atoms with Crippen LogP contribution in [0.3, 0.4) is 0 Å². The molecular formula is C16H18N4. The quantitative estimate of drug-likeness (QED) is 0.929. The number of hydrogen-bond donors (Lipinski definition) is 1. The minimum atomic E-state index is 0.633. The first-order valence-electron chi connectivity index (χ1n) is 6.97. The molecule has 102 valence electrons. The Balaban J connectivity index is 2.01. The second kappa shape index (κ2) is 5.30. The molecule has 1 aromatic carbocycles. The van der Waals surface area contributed by atoms with Crippen LogP contribution in [0.1, 0.15) is 24.1 Å². The van der Waals surface area contributed by atoms with Crippen LogP contribution >= 0.6 is 0 Å². The number of nitrogens with zero attached hydrogens (tertiary/aromatic N) is 3. The van der Waals surface area contributed by atoms with Gasteiger partial charge in [0, 0.05) is 13.1 Å². The van der Waals surface area contributed by atoms with Crippen molar-refractivity contribution >= 4 is 11.5 Å². The maximum absolute atomic E-state index is 9.33. The fourth-order valence-corrected chi connectivity index (χ4v) is 2.86. The third kappa shape index (κ3) is 2.23. The Morgan fingerprint density at radius 2 is 1.85 bits per heavy atom. The summed E-state index contributed by atoms with van der Waals surface area (Å²) in [6.45, 7) is 2.73. The normalized spacial score (nSPS) is 14.4. The monoisotopic (exact) mass is 266 g/mol. The number of nitrogen functional groups attached to an aromatic ring is 1. The molecule has 0 spiro atoms. The molecule has 20 heavy (non-hydrogen) atoms. The van der Waals surface area contributed by atoms with Gasteiger partial charge in [-0.05, 0) is 24.5 Å². The predicted molar refractivity (Wildman–Crippen MR) is 80.6 cm³/mol. The predicted octanol–water partition coefficient (Wildman–Crippen LogP) is 2.59. The molecule has 2 N–H and O–H groups in total. The van der Waals surface area contributed by atoms with Crippen LogP contribution in [-0.4, -0.2) is 17.7 Å². The zero-order valence-electron chi connectivity index (χ0n) is 11.4. The van der Waals surface area contributed by atoms with E-state index in [4.69, 9.17) is 5.73 Å². The van der Waals surface area contributed by atoms with Gasteiger partial charge in [0.25, 0.3) is 0 Å². The van der Waals surface area contributed by atoms with Crippen LogP contribution in [0, 0.1) is 11.3 Å². The van der Waals surface area contributed by atoms with Crippen LogP contribution in [-0.2, 0) is 6.54 Å². The lowest BCUT2D eigenvalue weighted by Gasteiger charge is -2.21. The van der Waals surface area contributed by atoms with Gasteiger partial charge in [0.15, 0.2) is 0 Å². The standard InChI is InChI=1S/C16H18N4/c17-11-14-10-15(18)16(19-8-4-5-9-19)20(14)12-13-6-2-1-3-7-13/h1-3,6-7,10H,4-5,8-9,12,18H2. The van der Waals surface area contributed by atoms with E-state index in [-0.39, 0.29) is 0 Å². The Morgan fingerprint density at radius 3 is 2.50 bits per heavy atom. The zero-order valence-corrected chi connectivity index (χ0v) is 11.4. The molecule has 1 aromatic heterocycles. The highest BCUT2D eigenvalue weighted by atomic mass is 15.3. The summed E-state index contributed by atoms with van der Waals surface area (Å²) in [5.74, 6) is 1.00. The summed E-state index contributed by atoms with van der Waals surface area (Å²) in [7, 11) is 0. The van der Waals surface area contributed by atoms with E-state index in [2.05, 4.69) is 23.1 Å². The van der Waals surface area contributed by atoms with E-state index in [1.165, 1.54) is 18.4 Å². The van der Waals surface area contributed by atoms with E-state index in [1.54, 1.807) is 6.07 Å². The summed E-state index contributed by atoms with van der Waals surface area (Å²) in [5, 5.41) is 9.33. The van der Waals surface area contributed by atoms with Crippen molar-refractivity contribution in [2.45, 2.75) is 19.4 Å². The van der Waals surface area contributed by atoms with Crippen LogP contribution in [0.5, 0.6) is 0 Å². The lowest BCUT2D eigenvalue weighted by molar-refractivity contribution is 0.761. The van der Waals surface area contributed by atoms with Crippen LogP contribution in [0.15, 0.2) is 36.4 Å². The van der Waals surface area contributed by atoms with Gasteiger partial charge in [0.1, 0.15) is 17.6 Å². The summed E-state index contributed by atoms with van der Waals surface area (Å²) in [4.78, 5) is 2.29. The molecule has 2 aromatic rings. The molecule has 0 atom stereocenters. The lowest BCUT2D eigenvalue weighted by atomic mass is 10.2. The maximum Gasteiger partial charge on any atom is 0.133 e. The summed E-state index contributed by atoms with van der Waals surface area (Å²) in [6.07, 6.45) is 2.38. The first-order valence-corrected chi connectivity index (χ1v) is 6.97. The van der Waals surface area contributed by atoms with Gasteiger partial charge >= 0.3 is 0 Å². The van der Waals surface area contributed by atoms with E-state index in [0.29, 0.717) is 17.9 Å². The Labute approximate surface area is 119 Å². The molecule has 1 aliphatic heterocycles. The number of nitrogens with two attached hydrogens (primary N) is 1. The van der Waals surface area contributed by atoms with Crippen molar-refractivity contribution < 1.29 is 0 Å². The summed E-state index contributed by atoms with van der Waals surface area (Å²) < 4.78 is 2.04. The zero-order chi connectivity index (χ0) is 13.9. The summed E-state index contributed by atoms with van der Waals surface area (Å²) in [5.41, 5.74) is 8.66. The first-order chi connectivity index (χ1) is 9.79. The Bertz CT molecular complexity index is 630. The minimum absolute atomic E-state index is 0.633. The van der Waals surface area contributed by atoms with Crippen LogP contribution in [0.25, 0.3) is 0 Å². The van der Waals surface area contributed by atoms with Gasteiger partial charge < -0.3 is 15.2 Å². The van der Waals surface area contributed by atoms with E-state index in [9.17, 15) is 5.26 Å². The molecule has 0 bridgehead atoms. The third-order valence-electron chi connectivity index (χ3n) is 3.80. The maximum atomic E-state index is 9.33. The SMILES string of the molecule is N#Cc1cc(N)c(N2CCCC2)n1Cc1ccccc1. The van der Waals surface area contributed by atoms with Crippen molar-refractivity contribution in [2.75, 3.05) is 23.7 Å². The minimum Gasteiger partial charge on any atom is -0.396 e. The number of hydrogen-bond acceptors (Lipinski definition) is 3. The molecule has 0 unspecified atom stereocenters. The molecule has 0 amide bonds. The summed E-state index contributed by atoms with van der Waals surface area (Å²) in [6, 6.07) is 14.2. The van der Waals surface area contributed by atoms with Crippen LogP contribution < -0.4 is 10.6 Å². The van der Waals surface area contributed by atoms with Crippen molar-refractivity contribution in [2.24, 2.45) is 0 Å². The Morgan fingerprint density at radius 1 is 1.15 bits per heavy atom. The van der Waals surface area contributed by atoms with Gasteiger partial charge in [-0.3, -0.25) is 0 Å². The van der Waals surface area contributed by atoms with E-state index >= 15 is 0 Å². The van der Waals surface area contributed by atoms with Gasteiger partial charge in [-0.1, -0.05) is 30.3 Å². The van der Waals surface area contributed by atoms with Crippen molar-refractivity contribution in [3.8, 4) is 6.07 Å². The molecule has 0 saturated carbocycles. The van der Waals surface area contributed by atoms with E-state index in [0.717, 1.165) is 18.9 Å². The van der Waals surface area contributed by atoms with Crippen molar-refractivity contribution in [3.63, 3.8) is 0 Å². The number of anilines is 2. The average Bonchev–Trinajstić information content (AvgIpc) is 3.08. The van der Waals surface area contributed by atoms with Crippen molar-refractivity contribution in [1.82, 2.24) is 4.57 Å². The molecule has 4 nitrogen and oxygen atoms in total. The molecular weight excluding hydrogens is 248 g/mol. The van der Waals surface area contributed by atoms with Crippen LogP contribution in [0.2, 0.25) is 0 Å². The van der Waals surface area contributed by atoms with Gasteiger partial charge in [0.2, 0.25) is 0 Å². The van der Waals surface area contributed by atoms with E-state index < -0.39 is 0 Å². The van der Waals surface area contributed by atoms with Gasteiger partial charge in [0.05, 0.1) is 12.2 Å². The van der Waals surface area contributed by atoms with Gasteiger partial charge in [-0.2, -0.15) is 5.26 Å². The smallest absolute Gasteiger partial charge is 0.133 e. The van der Waals surface area contributed by atoms with Crippen molar-refractivity contribution in [1.29, 1.82) is 5.26 Å². The highest BCUT2D eigenvalue weighted by Crippen LogP contribution is 2.31. The molecule has 0 radical (unpaired) electrons.